The topological polar surface area (TPSA) is 13.1 Å². The van der Waals surface area contributed by atoms with Gasteiger partial charge in [0.2, 0.25) is 0 Å². The van der Waals surface area contributed by atoms with Crippen molar-refractivity contribution in [3.8, 4) is 0 Å². The second-order valence-electron chi connectivity index (χ2n) is 13.9. The summed E-state index contributed by atoms with van der Waals surface area (Å²) in [6, 6.07) is 46.8. The lowest BCUT2D eigenvalue weighted by Crippen LogP contribution is -2.04. The highest BCUT2D eigenvalue weighted by molar-refractivity contribution is 8.03. The van der Waals surface area contributed by atoms with Crippen LogP contribution in [-0.4, -0.2) is 0 Å². The second kappa shape index (κ2) is 11.0. The Morgan fingerprint density at radius 1 is 0.480 bits per heavy atom. The average Bonchev–Trinajstić information content (AvgIpc) is 3.72. The lowest BCUT2D eigenvalue weighted by molar-refractivity contribution is 0.669. The molecule has 1 aliphatic heterocycles. The minimum absolute atomic E-state index is 0.357. The summed E-state index contributed by atoms with van der Waals surface area (Å²) in [6.07, 6.45) is 12.6. The van der Waals surface area contributed by atoms with E-state index in [1.165, 1.54) is 91.9 Å². The van der Waals surface area contributed by atoms with Gasteiger partial charge in [0.05, 0.1) is 0 Å². The number of allylic oxidation sites excluding steroid dienone is 8. The van der Waals surface area contributed by atoms with E-state index in [1.807, 2.05) is 17.8 Å². The lowest BCUT2D eigenvalue weighted by atomic mass is 9.79. The van der Waals surface area contributed by atoms with Crippen molar-refractivity contribution in [1.29, 1.82) is 0 Å². The molecule has 0 saturated heterocycles. The van der Waals surface area contributed by atoms with Crippen molar-refractivity contribution >= 4 is 82.7 Å². The highest BCUT2D eigenvalue weighted by Crippen LogP contribution is 2.56. The van der Waals surface area contributed by atoms with Crippen LogP contribution < -0.4 is 0 Å². The van der Waals surface area contributed by atoms with E-state index in [0.717, 1.165) is 30.4 Å². The Labute approximate surface area is 294 Å². The molecule has 0 N–H and O–H groups in total. The van der Waals surface area contributed by atoms with Crippen molar-refractivity contribution in [2.75, 3.05) is 0 Å². The summed E-state index contributed by atoms with van der Waals surface area (Å²) in [5, 5.41) is 10.3. The molecule has 1 unspecified atom stereocenters. The van der Waals surface area contributed by atoms with Gasteiger partial charge in [-0.3, -0.25) is 0 Å². The SMILES string of the molecule is C1=C(c2ccccc2)CCC(c2c3ccccc3c(C3=CC=C4Sc5cc6cc7oc8ccccc8c7cc6cc5C4C3)c3ccccc23)=C1. The van der Waals surface area contributed by atoms with E-state index in [0.29, 0.717) is 5.92 Å². The zero-order valence-corrected chi connectivity index (χ0v) is 28.3. The zero-order valence-electron chi connectivity index (χ0n) is 27.4. The molecule has 0 radical (unpaired) electrons. The van der Waals surface area contributed by atoms with Gasteiger partial charge in [0.15, 0.2) is 0 Å². The number of hydrogen-bond donors (Lipinski definition) is 0. The molecule has 1 aromatic heterocycles. The molecule has 236 valence electrons. The van der Waals surface area contributed by atoms with Crippen LogP contribution in [-0.2, 0) is 0 Å². The minimum Gasteiger partial charge on any atom is -0.456 e. The lowest BCUT2D eigenvalue weighted by Gasteiger charge is -2.25. The first-order valence-corrected chi connectivity index (χ1v) is 18.5. The predicted molar refractivity (Wildman–Crippen MR) is 214 cm³/mol. The molecule has 0 amide bonds. The maximum Gasteiger partial charge on any atom is 0.136 e. The van der Waals surface area contributed by atoms with Crippen molar-refractivity contribution in [2.45, 2.75) is 30.1 Å². The van der Waals surface area contributed by atoms with Crippen molar-refractivity contribution in [3.63, 3.8) is 0 Å². The van der Waals surface area contributed by atoms with Gasteiger partial charge in [0.1, 0.15) is 11.2 Å². The van der Waals surface area contributed by atoms with Gasteiger partial charge in [0.25, 0.3) is 0 Å². The van der Waals surface area contributed by atoms with E-state index in [2.05, 4.69) is 146 Å². The quantitative estimate of drug-likeness (QED) is 0.176. The van der Waals surface area contributed by atoms with E-state index in [1.54, 1.807) is 0 Å². The molecular weight excluding hydrogens is 625 g/mol. The Bertz CT molecular complexity index is 2800. The molecule has 0 fully saturated rings. The molecule has 0 saturated carbocycles. The monoisotopic (exact) mass is 656 g/mol. The fourth-order valence-corrected chi connectivity index (χ4v) is 10.1. The van der Waals surface area contributed by atoms with Crippen molar-refractivity contribution in [1.82, 2.24) is 0 Å². The van der Waals surface area contributed by atoms with E-state index in [9.17, 15) is 0 Å². The van der Waals surface area contributed by atoms with Crippen LogP contribution in [0, 0.1) is 0 Å². The van der Waals surface area contributed by atoms with Crippen LogP contribution in [0.2, 0.25) is 0 Å². The maximum absolute atomic E-state index is 6.25. The summed E-state index contributed by atoms with van der Waals surface area (Å²) in [5.41, 5.74) is 11.7. The third-order valence-electron chi connectivity index (χ3n) is 11.2. The maximum atomic E-state index is 6.25. The van der Waals surface area contributed by atoms with Crippen LogP contribution in [0.3, 0.4) is 0 Å². The summed E-state index contributed by atoms with van der Waals surface area (Å²) in [6.45, 7) is 0. The van der Waals surface area contributed by atoms with Gasteiger partial charge >= 0.3 is 0 Å². The average molecular weight is 657 g/mol. The number of benzene rings is 7. The Morgan fingerprint density at radius 3 is 1.80 bits per heavy atom. The number of hydrogen-bond acceptors (Lipinski definition) is 2. The van der Waals surface area contributed by atoms with Gasteiger partial charge in [-0.1, -0.05) is 133 Å². The van der Waals surface area contributed by atoms with Crippen LogP contribution in [0.25, 0.3) is 71.0 Å². The first-order valence-electron chi connectivity index (χ1n) is 17.6. The first-order chi connectivity index (χ1) is 24.8. The third-order valence-corrected chi connectivity index (χ3v) is 12.4. The molecule has 2 heterocycles. The Kier molecular flexibility index (Phi) is 6.21. The third kappa shape index (κ3) is 4.28. The number of furan rings is 1. The zero-order chi connectivity index (χ0) is 32.8. The summed E-state index contributed by atoms with van der Waals surface area (Å²) in [7, 11) is 0. The summed E-state index contributed by atoms with van der Waals surface area (Å²) < 4.78 is 6.25. The molecule has 11 rings (SSSR count). The Balaban J connectivity index is 1.03. The predicted octanol–water partition coefficient (Wildman–Crippen LogP) is 13.9. The second-order valence-corrected chi connectivity index (χ2v) is 15.0. The molecule has 3 aliphatic rings. The summed E-state index contributed by atoms with van der Waals surface area (Å²) in [4.78, 5) is 2.82. The summed E-state index contributed by atoms with van der Waals surface area (Å²) in [5.74, 6) is 0.357. The van der Waals surface area contributed by atoms with Crippen LogP contribution in [0.1, 0.15) is 47.4 Å². The molecule has 0 bridgehead atoms. The first kappa shape index (κ1) is 28.3. The smallest absolute Gasteiger partial charge is 0.136 e. The standard InChI is InChI=1S/C48H32OS/c1-2-10-29(11-3-1)30-18-20-31(21-19-30)47-36-13-4-6-15-38(36)48(39-16-7-5-14-37(39)47)32-22-23-45-41(24-32)42-26-33-25-40-35-12-8-9-17-43(35)49-44(40)27-34(33)28-46(42)50-45/h1-18,20,22-23,25-28,41H,19,21,24H2. The van der Waals surface area contributed by atoms with Crippen LogP contribution in [0.5, 0.6) is 0 Å². The Hall–Kier alpha value is -5.57. The van der Waals surface area contributed by atoms with Crippen molar-refractivity contribution in [3.05, 3.63) is 179 Å². The van der Waals surface area contributed by atoms with E-state index in [4.69, 9.17) is 4.42 Å². The van der Waals surface area contributed by atoms with E-state index < -0.39 is 0 Å². The van der Waals surface area contributed by atoms with E-state index >= 15 is 0 Å². The summed E-state index contributed by atoms with van der Waals surface area (Å²) >= 11 is 1.94. The van der Waals surface area contributed by atoms with Gasteiger partial charge in [-0.15, -0.1) is 0 Å². The highest BCUT2D eigenvalue weighted by atomic mass is 32.2. The van der Waals surface area contributed by atoms with Crippen molar-refractivity contribution < 1.29 is 4.42 Å². The van der Waals surface area contributed by atoms with Crippen molar-refractivity contribution in [2.24, 2.45) is 0 Å². The van der Waals surface area contributed by atoms with Crippen LogP contribution in [0.4, 0.5) is 0 Å². The van der Waals surface area contributed by atoms with Crippen LogP contribution >= 0.6 is 11.8 Å². The molecule has 1 nitrogen and oxygen atoms in total. The molecule has 8 aromatic rings. The molecular formula is C48H32OS. The molecule has 7 aromatic carbocycles. The largest absolute Gasteiger partial charge is 0.456 e. The van der Waals surface area contributed by atoms with Gasteiger partial charge < -0.3 is 4.42 Å². The number of para-hydroxylation sites is 1. The van der Waals surface area contributed by atoms with Gasteiger partial charge in [-0.25, -0.2) is 0 Å². The van der Waals surface area contributed by atoms with Gasteiger partial charge in [0, 0.05) is 21.6 Å². The fourth-order valence-electron chi connectivity index (χ4n) is 8.80. The molecule has 50 heavy (non-hydrogen) atoms. The fraction of sp³-hybridized carbons (Fsp3) is 0.0833. The highest BCUT2D eigenvalue weighted by Gasteiger charge is 2.32. The molecule has 1 atom stereocenters. The van der Waals surface area contributed by atoms with Gasteiger partial charge in [-0.05, 0) is 126 Å². The minimum atomic E-state index is 0.357. The number of fused-ring (bicyclic) bond motifs is 9. The molecule has 0 spiro atoms. The van der Waals surface area contributed by atoms with E-state index in [-0.39, 0.29) is 0 Å². The number of thioether (sulfide) groups is 1. The Morgan fingerprint density at radius 2 is 1.08 bits per heavy atom. The molecule has 2 aliphatic carbocycles. The normalized spacial score (nSPS) is 17.2. The molecule has 2 heteroatoms. The number of rotatable bonds is 3. The van der Waals surface area contributed by atoms with Crippen LogP contribution in [0.15, 0.2) is 166 Å². The van der Waals surface area contributed by atoms with Gasteiger partial charge in [-0.2, -0.15) is 0 Å².